The Morgan fingerprint density at radius 2 is 1.91 bits per heavy atom. The molecule has 2 aromatic rings. The molecule has 116 valence electrons. The molecular weight excluding hydrogens is 274 g/mol. The number of carbonyl (C=O) groups excluding carboxylic acids is 1. The molecule has 0 saturated heterocycles. The molecule has 2 rings (SSSR count). The Labute approximate surface area is 132 Å². The van der Waals surface area contributed by atoms with Crippen LogP contribution >= 0.6 is 0 Å². The Hall–Kier alpha value is -2.29. The summed E-state index contributed by atoms with van der Waals surface area (Å²) < 4.78 is 5.49. The summed E-state index contributed by atoms with van der Waals surface area (Å²) in [5.74, 6) is 1.09. The fourth-order valence-electron chi connectivity index (χ4n) is 2.18. The molecule has 3 nitrogen and oxygen atoms in total. The van der Waals surface area contributed by atoms with Crippen LogP contribution in [-0.2, 0) is 4.79 Å². The number of benzene rings is 2. The molecule has 0 spiro atoms. The number of aryl methyl sites for hydroxylation is 1. The maximum absolute atomic E-state index is 11.9. The van der Waals surface area contributed by atoms with Crippen molar-refractivity contribution in [3.05, 3.63) is 59.7 Å². The summed E-state index contributed by atoms with van der Waals surface area (Å²) in [5, 5.41) is 2.85. The number of hydrogen-bond donors (Lipinski definition) is 1. The van der Waals surface area contributed by atoms with Crippen molar-refractivity contribution in [3.63, 3.8) is 0 Å². The average Bonchev–Trinajstić information content (AvgIpc) is 2.53. The van der Waals surface area contributed by atoms with E-state index >= 15 is 0 Å². The quantitative estimate of drug-likeness (QED) is 0.851. The van der Waals surface area contributed by atoms with Crippen LogP contribution in [0.4, 0.5) is 5.69 Å². The van der Waals surface area contributed by atoms with E-state index in [9.17, 15) is 4.79 Å². The second kappa shape index (κ2) is 7.64. The second-order valence-electron chi connectivity index (χ2n) is 5.58. The van der Waals surface area contributed by atoms with Crippen LogP contribution in [0.15, 0.2) is 48.5 Å². The molecule has 1 amide bonds. The second-order valence-corrected chi connectivity index (χ2v) is 5.58. The zero-order valence-electron chi connectivity index (χ0n) is 13.4. The Bertz CT molecular complexity index is 620. The highest BCUT2D eigenvalue weighted by Crippen LogP contribution is 2.20. The molecule has 0 heterocycles. The van der Waals surface area contributed by atoms with Crippen LogP contribution in [0.2, 0.25) is 0 Å². The fraction of sp³-hybridized carbons (Fsp3) is 0.316. The third-order valence-corrected chi connectivity index (χ3v) is 3.74. The highest BCUT2D eigenvalue weighted by Gasteiger charge is 2.06. The van der Waals surface area contributed by atoms with Gasteiger partial charge in [-0.2, -0.15) is 0 Å². The normalized spacial score (nSPS) is 11.8. The van der Waals surface area contributed by atoms with Gasteiger partial charge in [-0.25, -0.2) is 0 Å². The number of ether oxygens (including phenoxy) is 1. The number of amides is 1. The molecule has 0 unspecified atom stereocenters. The van der Waals surface area contributed by atoms with E-state index in [2.05, 4.69) is 31.3 Å². The summed E-state index contributed by atoms with van der Waals surface area (Å²) in [6, 6.07) is 15.7. The van der Waals surface area contributed by atoms with Crippen LogP contribution in [0, 0.1) is 6.92 Å². The van der Waals surface area contributed by atoms with Gasteiger partial charge in [-0.1, -0.05) is 38.1 Å². The number of nitrogens with one attached hydrogen (secondary N) is 1. The monoisotopic (exact) mass is 297 g/mol. The van der Waals surface area contributed by atoms with Crippen molar-refractivity contribution in [3.8, 4) is 5.75 Å². The van der Waals surface area contributed by atoms with Crippen molar-refractivity contribution in [2.75, 3.05) is 11.9 Å². The van der Waals surface area contributed by atoms with E-state index in [0.717, 1.165) is 17.7 Å². The lowest BCUT2D eigenvalue weighted by Gasteiger charge is -2.11. The average molecular weight is 297 g/mol. The SMILES string of the molecule is CC[C@@H](C)c1ccc(NC(=O)COc2cccc(C)c2)cc1. The van der Waals surface area contributed by atoms with Gasteiger partial charge in [0.15, 0.2) is 6.61 Å². The van der Waals surface area contributed by atoms with Crippen LogP contribution in [0.3, 0.4) is 0 Å². The smallest absolute Gasteiger partial charge is 0.262 e. The minimum atomic E-state index is -0.155. The molecule has 2 aromatic carbocycles. The predicted molar refractivity (Wildman–Crippen MR) is 90.5 cm³/mol. The van der Waals surface area contributed by atoms with Crippen LogP contribution in [-0.4, -0.2) is 12.5 Å². The van der Waals surface area contributed by atoms with Gasteiger partial charge in [-0.05, 0) is 54.7 Å². The summed E-state index contributed by atoms with van der Waals surface area (Å²) in [4.78, 5) is 11.9. The first-order chi connectivity index (χ1) is 10.6. The van der Waals surface area contributed by atoms with Gasteiger partial charge in [0.25, 0.3) is 5.91 Å². The highest BCUT2D eigenvalue weighted by molar-refractivity contribution is 5.91. The molecule has 0 aliphatic rings. The molecule has 1 atom stereocenters. The fourth-order valence-corrected chi connectivity index (χ4v) is 2.18. The minimum absolute atomic E-state index is 0.0105. The van der Waals surface area contributed by atoms with E-state index in [4.69, 9.17) is 4.74 Å². The van der Waals surface area contributed by atoms with E-state index in [1.165, 1.54) is 5.56 Å². The summed E-state index contributed by atoms with van der Waals surface area (Å²) >= 11 is 0. The van der Waals surface area contributed by atoms with Crippen LogP contribution < -0.4 is 10.1 Å². The van der Waals surface area contributed by atoms with Gasteiger partial charge in [0.1, 0.15) is 5.75 Å². The van der Waals surface area contributed by atoms with Gasteiger partial charge >= 0.3 is 0 Å². The van der Waals surface area contributed by atoms with Gasteiger partial charge in [0.05, 0.1) is 0 Å². The summed E-state index contributed by atoms with van der Waals surface area (Å²) in [6.07, 6.45) is 1.11. The van der Waals surface area contributed by atoms with Gasteiger partial charge in [-0.3, -0.25) is 4.79 Å². The summed E-state index contributed by atoms with van der Waals surface area (Å²) in [7, 11) is 0. The molecule has 0 aliphatic heterocycles. The third kappa shape index (κ3) is 4.62. The molecule has 0 aromatic heterocycles. The highest BCUT2D eigenvalue weighted by atomic mass is 16.5. The summed E-state index contributed by atoms with van der Waals surface area (Å²) in [6.45, 7) is 6.37. The van der Waals surface area contributed by atoms with E-state index < -0.39 is 0 Å². The first kappa shape index (κ1) is 16.1. The number of anilines is 1. The number of hydrogen-bond acceptors (Lipinski definition) is 2. The molecule has 3 heteroatoms. The van der Waals surface area contributed by atoms with Crippen molar-refractivity contribution < 1.29 is 9.53 Å². The van der Waals surface area contributed by atoms with Gasteiger partial charge in [0, 0.05) is 5.69 Å². The van der Waals surface area contributed by atoms with Gasteiger partial charge < -0.3 is 10.1 Å². The van der Waals surface area contributed by atoms with Crippen LogP contribution in [0.25, 0.3) is 0 Å². The lowest BCUT2D eigenvalue weighted by atomic mass is 9.99. The van der Waals surface area contributed by atoms with Crippen molar-refractivity contribution in [2.45, 2.75) is 33.1 Å². The van der Waals surface area contributed by atoms with Gasteiger partial charge in [0.2, 0.25) is 0 Å². The van der Waals surface area contributed by atoms with E-state index in [-0.39, 0.29) is 12.5 Å². The topological polar surface area (TPSA) is 38.3 Å². The third-order valence-electron chi connectivity index (χ3n) is 3.74. The van der Waals surface area contributed by atoms with Crippen molar-refractivity contribution in [2.24, 2.45) is 0 Å². The van der Waals surface area contributed by atoms with Crippen molar-refractivity contribution in [1.29, 1.82) is 0 Å². The molecule has 0 saturated carbocycles. The molecule has 1 N–H and O–H groups in total. The number of carbonyl (C=O) groups is 1. The van der Waals surface area contributed by atoms with Crippen molar-refractivity contribution >= 4 is 11.6 Å². The predicted octanol–water partition coefficient (Wildman–Crippen LogP) is 4.53. The molecule has 0 bridgehead atoms. The van der Waals surface area contributed by atoms with E-state index in [1.807, 2.05) is 43.3 Å². The Balaban J connectivity index is 1.86. The lowest BCUT2D eigenvalue weighted by Crippen LogP contribution is -2.20. The first-order valence-corrected chi connectivity index (χ1v) is 7.67. The molecule has 0 fully saturated rings. The molecular formula is C19H23NO2. The maximum Gasteiger partial charge on any atom is 0.262 e. The maximum atomic E-state index is 11.9. The first-order valence-electron chi connectivity index (χ1n) is 7.67. The van der Waals surface area contributed by atoms with E-state index in [0.29, 0.717) is 11.7 Å². The van der Waals surface area contributed by atoms with Crippen molar-refractivity contribution in [1.82, 2.24) is 0 Å². The zero-order chi connectivity index (χ0) is 15.9. The Kier molecular flexibility index (Phi) is 5.59. The lowest BCUT2D eigenvalue weighted by molar-refractivity contribution is -0.118. The van der Waals surface area contributed by atoms with Crippen LogP contribution in [0.5, 0.6) is 5.75 Å². The largest absolute Gasteiger partial charge is 0.484 e. The van der Waals surface area contributed by atoms with Crippen LogP contribution in [0.1, 0.15) is 37.3 Å². The zero-order valence-corrected chi connectivity index (χ0v) is 13.4. The summed E-state index contributed by atoms with van der Waals surface area (Å²) in [5.41, 5.74) is 3.19. The number of rotatable bonds is 6. The van der Waals surface area contributed by atoms with Gasteiger partial charge in [-0.15, -0.1) is 0 Å². The molecule has 0 radical (unpaired) electrons. The Morgan fingerprint density at radius 1 is 1.18 bits per heavy atom. The standard InChI is InChI=1S/C19H23NO2/c1-4-15(3)16-8-10-17(11-9-16)20-19(21)13-22-18-7-5-6-14(2)12-18/h5-12,15H,4,13H2,1-3H3,(H,20,21)/t15-/m1/s1. The minimum Gasteiger partial charge on any atom is -0.484 e. The van der Waals surface area contributed by atoms with E-state index in [1.54, 1.807) is 0 Å². The Morgan fingerprint density at radius 3 is 2.55 bits per heavy atom. The molecule has 0 aliphatic carbocycles. The molecule has 22 heavy (non-hydrogen) atoms.